The first-order valence-corrected chi connectivity index (χ1v) is 4.61. The van der Waals surface area contributed by atoms with Crippen molar-refractivity contribution in [2.45, 2.75) is 12.5 Å². The first-order valence-electron chi connectivity index (χ1n) is 4.61. The standard InChI is InChI=1S/C11H11NO3/c12-9(11(13)14)6-7-1-2-10-8(5-7)3-4-15-10/h1-5,9H,6,12H2,(H,13,14)/t9-/m0/s1. The first-order chi connectivity index (χ1) is 7.16. The molecule has 0 aliphatic rings. The van der Waals surface area contributed by atoms with Crippen molar-refractivity contribution in [1.29, 1.82) is 0 Å². The van der Waals surface area contributed by atoms with E-state index in [-0.39, 0.29) is 0 Å². The van der Waals surface area contributed by atoms with Crippen LogP contribution < -0.4 is 5.73 Å². The Morgan fingerprint density at radius 3 is 3.00 bits per heavy atom. The van der Waals surface area contributed by atoms with Crippen molar-refractivity contribution >= 4 is 16.9 Å². The Labute approximate surface area is 86.3 Å². The van der Waals surface area contributed by atoms with Crippen LogP contribution in [0.25, 0.3) is 11.0 Å². The van der Waals surface area contributed by atoms with Crippen molar-refractivity contribution in [2.75, 3.05) is 0 Å². The van der Waals surface area contributed by atoms with Crippen molar-refractivity contribution in [2.24, 2.45) is 5.73 Å². The Morgan fingerprint density at radius 1 is 1.47 bits per heavy atom. The van der Waals surface area contributed by atoms with Gasteiger partial charge in [-0.25, -0.2) is 0 Å². The fourth-order valence-electron chi connectivity index (χ4n) is 1.48. The molecular weight excluding hydrogens is 194 g/mol. The van der Waals surface area contributed by atoms with Gasteiger partial charge in [-0.3, -0.25) is 4.79 Å². The van der Waals surface area contributed by atoms with E-state index in [2.05, 4.69) is 0 Å². The van der Waals surface area contributed by atoms with Gasteiger partial charge >= 0.3 is 5.97 Å². The summed E-state index contributed by atoms with van der Waals surface area (Å²) in [6.07, 6.45) is 1.93. The molecule has 0 spiro atoms. The minimum absolute atomic E-state index is 0.330. The minimum Gasteiger partial charge on any atom is -0.480 e. The van der Waals surface area contributed by atoms with Crippen LogP contribution >= 0.6 is 0 Å². The molecule has 0 aliphatic heterocycles. The monoisotopic (exact) mass is 205 g/mol. The molecule has 2 aromatic rings. The molecule has 4 heteroatoms. The number of hydrogen-bond acceptors (Lipinski definition) is 3. The van der Waals surface area contributed by atoms with Crippen LogP contribution in [-0.2, 0) is 11.2 Å². The number of nitrogens with two attached hydrogens (primary N) is 1. The number of furan rings is 1. The van der Waals surface area contributed by atoms with Gasteiger partial charge in [0.15, 0.2) is 0 Å². The SMILES string of the molecule is N[C@@H](Cc1ccc2occc2c1)C(=O)O. The molecule has 0 bridgehead atoms. The van der Waals surface area contributed by atoms with E-state index in [4.69, 9.17) is 15.3 Å². The number of benzene rings is 1. The Kier molecular flexibility index (Phi) is 2.43. The highest BCUT2D eigenvalue weighted by Crippen LogP contribution is 2.17. The highest BCUT2D eigenvalue weighted by atomic mass is 16.4. The molecule has 0 amide bonds. The van der Waals surface area contributed by atoms with E-state index in [1.165, 1.54) is 0 Å². The molecule has 1 aromatic carbocycles. The molecule has 1 aromatic heterocycles. The predicted molar refractivity (Wildman–Crippen MR) is 55.5 cm³/mol. The van der Waals surface area contributed by atoms with Gasteiger partial charge in [-0.2, -0.15) is 0 Å². The fourth-order valence-corrected chi connectivity index (χ4v) is 1.48. The highest BCUT2D eigenvalue weighted by Gasteiger charge is 2.12. The van der Waals surface area contributed by atoms with Crippen LogP contribution in [0.3, 0.4) is 0 Å². The smallest absolute Gasteiger partial charge is 0.320 e. The van der Waals surface area contributed by atoms with Gasteiger partial charge in [-0.15, -0.1) is 0 Å². The predicted octanol–water partition coefficient (Wildman–Crippen LogP) is 1.39. The van der Waals surface area contributed by atoms with E-state index < -0.39 is 12.0 Å². The van der Waals surface area contributed by atoms with Crippen molar-refractivity contribution < 1.29 is 14.3 Å². The third-order valence-electron chi connectivity index (χ3n) is 2.29. The average Bonchev–Trinajstić information content (AvgIpc) is 2.64. The molecule has 2 rings (SSSR count). The van der Waals surface area contributed by atoms with E-state index in [0.29, 0.717) is 6.42 Å². The molecule has 0 aliphatic carbocycles. The van der Waals surface area contributed by atoms with Gasteiger partial charge in [0.05, 0.1) is 6.26 Å². The van der Waals surface area contributed by atoms with Crippen LogP contribution in [0.1, 0.15) is 5.56 Å². The van der Waals surface area contributed by atoms with Gasteiger partial charge in [0.2, 0.25) is 0 Å². The van der Waals surface area contributed by atoms with Crippen LogP contribution in [0.4, 0.5) is 0 Å². The van der Waals surface area contributed by atoms with Gasteiger partial charge in [0.25, 0.3) is 0 Å². The van der Waals surface area contributed by atoms with Crippen LogP contribution in [0.15, 0.2) is 34.9 Å². The molecule has 0 radical (unpaired) electrons. The number of hydrogen-bond donors (Lipinski definition) is 2. The zero-order valence-corrected chi connectivity index (χ0v) is 8.01. The molecule has 78 valence electrons. The quantitative estimate of drug-likeness (QED) is 0.793. The number of fused-ring (bicyclic) bond motifs is 1. The molecule has 4 nitrogen and oxygen atoms in total. The first kappa shape index (κ1) is 9.73. The van der Waals surface area contributed by atoms with Crippen molar-refractivity contribution in [1.82, 2.24) is 0 Å². The van der Waals surface area contributed by atoms with Gasteiger partial charge in [0.1, 0.15) is 11.6 Å². The maximum Gasteiger partial charge on any atom is 0.320 e. The summed E-state index contributed by atoms with van der Waals surface area (Å²) < 4.78 is 5.18. The lowest BCUT2D eigenvalue weighted by Gasteiger charge is -2.05. The molecule has 1 heterocycles. The Hall–Kier alpha value is -1.81. The Bertz CT molecular complexity index is 489. The number of rotatable bonds is 3. The summed E-state index contributed by atoms with van der Waals surface area (Å²) in [5.74, 6) is -0.984. The van der Waals surface area contributed by atoms with E-state index in [1.54, 1.807) is 6.26 Å². The van der Waals surface area contributed by atoms with Gasteiger partial charge in [-0.05, 0) is 30.2 Å². The Morgan fingerprint density at radius 2 is 2.27 bits per heavy atom. The summed E-state index contributed by atoms with van der Waals surface area (Å²) in [6.45, 7) is 0. The van der Waals surface area contributed by atoms with Gasteiger partial charge < -0.3 is 15.3 Å². The second kappa shape index (κ2) is 3.74. The third-order valence-corrected chi connectivity index (χ3v) is 2.29. The highest BCUT2D eigenvalue weighted by molar-refractivity contribution is 5.78. The second-order valence-electron chi connectivity index (χ2n) is 3.44. The second-order valence-corrected chi connectivity index (χ2v) is 3.44. The van der Waals surface area contributed by atoms with E-state index in [9.17, 15) is 4.79 Å². The lowest BCUT2D eigenvalue weighted by atomic mass is 10.1. The number of aliphatic carboxylic acids is 1. The Balaban J connectivity index is 2.24. The normalized spacial score (nSPS) is 12.9. The lowest BCUT2D eigenvalue weighted by Crippen LogP contribution is -2.32. The molecule has 0 saturated carbocycles. The molecule has 15 heavy (non-hydrogen) atoms. The lowest BCUT2D eigenvalue weighted by molar-refractivity contribution is -0.138. The third kappa shape index (κ3) is 1.99. The average molecular weight is 205 g/mol. The molecule has 1 atom stereocenters. The summed E-state index contributed by atoms with van der Waals surface area (Å²) in [5.41, 5.74) is 7.14. The van der Waals surface area contributed by atoms with E-state index in [0.717, 1.165) is 16.5 Å². The summed E-state index contributed by atoms with van der Waals surface area (Å²) >= 11 is 0. The minimum atomic E-state index is -0.984. The maximum absolute atomic E-state index is 10.6. The van der Waals surface area contributed by atoms with E-state index >= 15 is 0 Å². The summed E-state index contributed by atoms with van der Waals surface area (Å²) in [6, 6.07) is 6.52. The van der Waals surface area contributed by atoms with E-state index in [1.807, 2.05) is 24.3 Å². The summed E-state index contributed by atoms with van der Waals surface area (Å²) in [4.78, 5) is 10.6. The van der Waals surface area contributed by atoms with Crippen LogP contribution in [0.2, 0.25) is 0 Å². The molecule has 0 saturated heterocycles. The maximum atomic E-state index is 10.6. The largest absolute Gasteiger partial charge is 0.480 e. The van der Waals surface area contributed by atoms with Crippen LogP contribution in [-0.4, -0.2) is 17.1 Å². The molecular formula is C11H11NO3. The molecule has 0 unspecified atom stereocenters. The topological polar surface area (TPSA) is 76.5 Å². The zero-order chi connectivity index (χ0) is 10.8. The molecule has 0 fully saturated rings. The fraction of sp³-hybridized carbons (Fsp3) is 0.182. The van der Waals surface area contributed by atoms with Crippen LogP contribution in [0.5, 0.6) is 0 Å². The summed E-state index contributed by atoms with van der Waals surface area (Å²) in [5, 5.41) is 9.64. The zero-order valence-electron chi connectivity index (χ0n) is 8.01. The van der Waals surface area contributed by atoms with Gasteiger partial charge in [0, 0.05) is 5.39 Å². The van der Waals surface area contributed by atoms with Crippen molar-refractivity contribution in [3.8, 4) is 0 Å². The van der Waals surface area contributed by atoms with Crippen molar-refractivity contribution in [3.63, 3.8) is 0 Å². The number of carboxylic acid groups (broad SMARTS) is 1. The van der Waals surface area contributed by atoms with Crippen molar-refractivity contribution in [3.05, 3.63) is 36.1 Å². The number of carboxylic acids is 1. The number of carbonyl (C=O) groups is 1. The molecule has 3 N–H and O–H groups in total. The van der Waals surface area contributed by atoms with Gasteiger partial charge in [-0.1, -0.05) is 6.07 Å². The van der Waals surface area contributed by atoms with Crippen LogP contribution in [0, 0.1) is 0 Å². The summed E-state index contributed by atoms with van der Waals surface area (Å²) in [7, 11) is 0.